The largest absolute Gasteiger partial charge is 0.310 e. The predicted molar refractivity (Wildman–Crippen MR) is 64.7 cm³/mol. The smallest absolute Gasteiger partial charge is 0.0208 e. The fourth-order valence-electron chi connectivity index (χ4n) is 2.46. The van der Waals surface area contributed by atoms with Crippen molar-refractivity contribution in [1.29, 1.82) is 0 Å². The molecule has 1 fully saturated rings. The van der Waals surface area contributed by atoms with Crippen LogP contribution in [0.5, 0.6) is 0 Å². The van der Waals surface area contributed by atoms with Gasteiger partial charge in [-0.25, -0.2) is 0 Å². The van der Waals surface area contributed by atoms with Crippen LogP contribution in [0.4, 0.5) is 0 Å². The van der Waals surface area contributed by atoms with Gasteiger partial charge in [0.15, 0.2) is 0 Å². The summed E-state index contributed by atoms with van der Waals surface area (Å²) >= 11 is 0. The zero-order valence-electron chi connectivity index (χ0n) is 9.58. The van der Waals surface area contributed by atoms with Crippen LogP contribution in [-0.4, -0.2) is 6.04 Å². The van der Waals surface area contributed by atoms with Crippen LogP contribution < -0.4 is 5.32 Å². The Bertz CT molecular complexity index is 281. The van der Waals surface area contributed by atoms with Crippen molar-refractivity contribution < 1.29 is 0 Å². The molecule has 0 radical (unpaired) electrons. The van der Waals surface area contributed by atoms with Crippen molar-refractivity contribution >= 4 is 0 Å². The predicted octanol–water partition coefficient (Wildman–Crippen LogP) is 3.35. The Morgan fingerprint density at radius 3 is 2.60 bits per heavy atom. The maximum absolute atomic E-state index is 3.69. The maximum atomic E-state index is 3.69. The zero-order valence-corrected chi connectivity index (χ0v) is 9.58. The summed E-state index contributed by atoms with van der Waals surface area (Å²) in [5, 5.41) is 3.69. The third kappa shape index (κ3) is 3.07. The van der Waals surface area contributed by atoms with Crippen LogP contribution in [0.2, 0.25) is 0 Å². The molecule has 0 aliphatic heterocycles. The minimum absolute atomic E-state index is 0.735. The van der Waals surface area contributed by atoms with Crippen molar-refractivity contribution in [3.63, 3.8) is 0 Å². The van der Waals surface area contributed by atoms with Gasteiger partial charge in [0, 0.05) is 12.6 Å². The van der Waals surface area contributed by atoms with E-state index in [1.807, 2.05) is 0 Å². The van der Waals surface area contributed by atoms with Crippen molar-refractivity contribution in [2.75, 3.05) is 0 Å². The first-order valence-electron chi connectivity index (χ1n) is 6.13. The zero-order chi connectivity index (χ0) is 10.5. The molecule has 1 N–H and O–H groups in total. The summed E-state index contributed by atoms with van der Waals surface area (Å²) < 4.78 is 0. The van der Waals surface area contributed by atoms with Gasteiger partial charge in [-0.15, -0.1) is 0 Å². The summed E-state index contributed by atoms with van der Waals surface area (Å²) in [5.74, 6) is 0.850. The highest BCUT2D eigenvalue weighted by atomic mass is 14.9. The maximum Gasteiger partial charge on any atom is 0.0208 e. The molecule has 0 saturated heterocycles. The van der Waals surface area contributed by atoms with E-state index < -0.39 is 0 Å². The first-order valence-corrected chi connectivity index (χ1v) is 6.13. The number of hydrogen-bond donors (Lipinski definition) is 1. The summed E-state index contributed by atoms with van der Waals surface area (Å²) in [7, 11) is 0. The molecule has 0 spiro atoms. The second kappa shape index (κ2) is 5.32. The molecule has 1 saturated carbocycles. The molecule has 1 aromatic rings. The molecule has 1 heteroatoms. The average molecular weight is 203 g/mol. The van der Waals surface area contributed by atoms with Crippen LogP contribution in [0, 0.1) is 5.92 Å². The highest BCUT2D eigenvalue weighted by Gasteiger charge is 2.20. The monoisotopic (exact) mass is 203 g/mol. The molecule has 2 atom stereocenters. The summed E-state index contributed by atoms with van der Waals surface area (Å²) in [4.78, 5) is 0. The van der Waals surface area contributed by atoms with E-state index in [4.69, 9.17) is 0 Å². The van der Waals surface area contributed by atoms with Gasteiger partial charge in [0.1, 0.15) is 0 Å². The first kappa shape index (κ1) is 10.7. The Kier molecular flexibility index (Phi) is 3.79. The van der Waals surface area contributed by atoms with Crippen LogP contribution in [0.15, 0.2) is 30.3 Å². The van der Waals surface area contributed by atoms with Gasteiger partial charge in [-0.05, 0) is 24.3 Å². The molecular weight excluding hydrogens is 182 g/mol. The molecule has 1 aliphatic carbocycles. The number of benzene rings is 1. The lowest BCUT2D eigenvalue weighted by Crippen LogP contribution is -2.36. The lowest BCUT2D eigenvalue weighted by atomic mass is 9.86. The molecular formula is C14H21N. The second-order valence-electron chi connectivity index (χ2n) is 4.73. The summed E-state index contributed by atoms with van der Waals surface area (Å²) in [5.41, 5.74) is 1.40. The molecule has 0 heterocycles. The summed E-state index contributed by atoms with van der Waals surface area (Å²) in [6.45, 7) is 3.40. The highest BCUT2D eigenvalue weighted by molar-refractivity contribution is 5.14. The first-order chi connectivity index (χ1) is 7.36. The van der Waals surface area contributed by atoms with E-state index in [1.54, 1.807) is 0 Å². The van der Waals surface area contributed by atoms with E-state index in [9.17, 15) is 0 Å². The van der Waals surface area contributed by atoms with Gasteiger partial charge in [0.25, 0.3) is 0 Å². The van der Waals surface area contributed by atoms with E-state index in [2.05, 4.69) is 42.6 Å². The fourth-order valence-corrected chi connectivity index (χ4v) is 2.46. The Morgan fingerprint density at radius 2 is 1.87 bits per heavy atom. The molecule has 1 nitrogen and oxygen atoms in total. The molecule has 2 rings (SSSR count). The number of rotatable bonds is 3. The van der Waals surface area contributed by atoms with Crippen LogP contribution in [-0.2, 0) is 6.54 Å². The SMILES string of the molecule is C[C@H]1CCCC[C@H]1NCc1ccccc1. The quantitative estimate of drug-likeness (QED) is 0.794. The molecule has 15 heavy (non-hydrogen) atoms. The average Bonchev–Trinajstić information content (AvgIpc) is 2.29. The number of nitrogens with one attached hydrogen (secondary N) is 1. The van der Waals surface area contributed by atoms with Crippen molar-refractivity contribution in [1.82, 2.24) is 5.32 Å². The van der Waals surface area contributed by atoms with Crippen molar-refractivity contribution in [2.45, 2.75) is 45.2 Å². The van der Waals surface area contributed by atoms with E-state index in [1.165, 1.54) is 31.2 Å². The minimum atomic E-state index is 0.735. The van der Waals surface area contributed by atoms with Gasteiger partial charge in [-0.3, -0.25) is 0 Å². The molecule has 0 unspecified atom stereocenters. The van der Waals surface area contributed by atoms with Crippen LogP contribution in [0.25, 0.3) is 0 Å². The van der Waals surface area contributed by atoms with E-state index in [0.717, 1.165) is 18.5 Å². The van der Waals surface area contributed by atoms with Gasteiger partial charge < -0.3 is 5.32 Å². The van der Waals surface area contributed by atoms with Gasteiger partial charge in [-0.1, -0.05) is 50.1 Å². The second-order valence-corrected chi connectivity index (χ2v) is 4.73. The van der Waals surface area contributed by atoms with Gasteiger partial charge in [0.05, 0.1) is 0 Å². The highest BCUT2D eigenvalue weighted by Crippen LogP contribution is 2.23. The molecule has 82 valence electrons. The third-order valence-electron chi connectivity index (χ3n) is 3.52. The summed E-state index contributed by atoms with van der Waals surface area (Å²) in [6, 6.07) is 11.4. The molecule has 1 aromatic carbocycles. The van der Waals surface area contributed by atoms with Crippen molar-refractivity contribution in [3.05, 3.63) is 35.9 Å². The number of hydrogen-bond acceptors (Lipinski definition) is 1. The summed E-state index contributed by atoms with van der Waals surface area (Å²) in [6.07, 6.45) is 5.57. The van der Waals surface area contributed by atoms with Crippen LogP contribution in [0.3, 0.4) is 0 Å². The van der Waals surface area contributed by atoms with Gasteiger partial charge in [-0.2, -0.15) is 0 Å². The van der Waals surface area contributed by atoms with E-state index >= 15 is 0 Å². The molecule has 1 aliphatic rings. The van der Waals surface area contributed by atoms with Crippen molar-refractivity contribution in [2.24, 2.45) is 5.92 Å². The van der Waals surface area contributed by atoms with Crippen LogP contribution in [0.1, 0.15) is 38.2 Å². The van der Waals surface area contributed by atoms with Crippen LogP contribution >= 0.6 is 0 Å². The normalized spacial score (nSPS) is 26.5. The molecule has 0 aromatic heterocycles. The Hall–Kier alpha value is -0.820. The third-order valence-corrected chi connectivity index (χ3v) is 3.52. The van der Waals surface area contributed by atoms with E-state index in [0.29, 0.717) is 0 Å². The van der Waals surface area contributed by atoms with Gasteiger partial charge in [0.2, 0.25) is 0 Å². The Morgan fingerprint density at radius 1 is 1.13 bits per heavy atom. The topological polar surface area (TPSA) is 12.0 Å². The van der Waals surface area contributed by atoms with Crippen molar-refractivity contribution in [3.8, 4) is 0 Å². The van der Waals surface area contributed by atoms with E-state index in [-0.39, 0.29) is 0 Å². The Balaban J connectivity index is 1.82. The molecule has 0 amide bonds. The fraction of sp³-hybridized carbons (Fsp3) is 0.571. The lowest BCUT2D eigenvalue weighted by Gasteiger charge is -2.29. The Labute approximate surface area is 92.9 Å². The minimum Gasteiger partial charge on any atom is -0.310 e. The van der Waals surface area contributed by atoms with Gasteiger partial charge >= 0.3 is 0 Å². The lowest BCUT2D eigenvalue weighted by molar-refractivity contribution is 0.279. The molecule has 0 bridgehead atoms. The standard InChI is InChI=1S/C14H21N/c1-12-7-5-6-10-14(12)15-11-13-8-3-2-4-9-13/h2-4,8-9,12,14-15H,5-7,10-11H2,1H3/t12-,14+/m0/s1.